The predicted octanol–water partition coefficient (Wildman–Crippen LogP) is 2.30. The summed E-state index contributed by atoms with van der Waals surface area (Å²) >= 11 is 0. The van der Waals surface area contributed by atoms with Gasteiger partial charge in [0, 0.05) is 38.4 Å². The van der Waals surface area contributed by atoms with Crippen LogP contribution in [0.3, 0.4) is 0 Å². The van der Waals surface area contributed by atoms with E-state index in [0.29, 0.717) is 38.0 Å². The van der Waals surface area contributed by atoms with E-state index in [1.54, 1.807) is 19.4 Å². The van der Waals surface area contributed by atoms with E-state index in [4.69, 9.17) is 4.74 Å². The first kappa shape index (κ1) is 25.6. The fourth-order valence-electron chi connectivity index (χ4n) is 3.34. The summed E-state index contributed by atoms with van der Waals surface area (Å²) in [4.78, 5) is 22.6. The molecule has 1 atom stereocenters. The largest absolute Gasteiger partial charge is 0.497 e. The van der Waals surface area contributed by atoms with Crippen molar-refractivity contribution < 1.29 is 13.9 Å². The van der Waals surface area contributed by atoms with E-state index in [0.717, 1.165) is 17.7 Å². The number of anilines is 1. The second kappa shape index (κ2) is 13.0. The number of halogens is 2. The number of amides is 1. The lowest BCUT2D eigenvalue weighted by molar-refractivity contribution is -0.119. The minimum atomic E-state index is -0.322. The molecule has 10 heteroatoms. The summed E-state index contributed by atoms with van der Waals surface area (Å²) in [5.41, 5.74) is 0.982. The number of methoxy groups -OCH3 is 1. The van der Waals surface area contributed by atoms with Crippen LogP contribution in [-0.2, 0) is 11.3 Å². The summed E-state index contributed by atoms with van der Waals surface area (Å²) < 4.78 is 19.1. The van der Waals surface area contributed by atoms with E-state index >= 15 is 0 Å². The van der Waals surface area contributed by atoms with Crippen molar-refractivity contribution in [1.82, 2.24) is 20.9 Å². The monoisotopic (exact) mass is 556 g/mol. The Morgan fingerprint density at radius 1 is 1.28 bits per heavy atom. The van der Waals surface area contributed by atoms with Gasteiger partial charge in [-0.25, -0.2) is 14.4 Å². The lowest BCUT2D eigenvalue weighted by atomic mass is 10.2. The predicted molar refractivity (Wildman–Crippen MR) is 134 cm³/mol. The van der Waals surface area contributed by atoms with Crippen LogP contribution < -0.4 is 25.6 Å². The Hall–Kier alpha value is -2.63. The average molecular weight is 556 g/mol. The van der Waals surface area contributed by atoms with Crippen molar-refractivity contribution in [2.75, 3.05) is 38.2 Å². The molecule has 2 heterocycles. The highest BCUT2D eigenvalue weighted by Gasteiger charge is 2.26. The van der Waals surface area contributed by atoms with Crippen molar-refractivity contribution in [2.24, 2.45) is 4.99 Å². The van der Waals surface area contributed by atoms with Crippen molar-refractivity contribution in [3.63, 3.8) is 0 Å². The number of carbonyl (C=O) groups excluding carboxylic acids is 1. The molecule has 1 aromatic carbocycles. The molecule has 1 fully saturated rings. The van der Waals surface area contributed by atoms with Gasteiger partial charge in [0.15, 0.2) is 17.6 Å². The Labute approximate surface area is 205 Å². The van der Waals surface area contributed by atoms with E-state index in [1.165, 1.54) is 6.07 Å². The van der Waals surface area contributed by atoms with Crippen LogP contribution in [0.25, 0.3) is 0 Å². The van der Waals surface area contributed by atoms with Crippen LogP contribution in [0.4, 0.5) is 10.2 Å². The van der Waals surface area contributed by atoms with Crippen LogP contribution in [0.5, 0.6) is 5.75 Å². The van der Waals surface area contributed by atoms with E-state index in [9.17, 15) is 9.18 Å². The second-order valence-electron chi connectivity index (χ2n) is 7.20. The first-order valence-electron chi connectivity index (χ1n) is 10.4. The molecule has 1 aliphatic rings. The number of benzene rings is 1. The Morgan fingerprint density at radius 3 is 2.75 bits per heavy atom. The number of ether oxygens (including phenoxy) is 1. The lowest BCUT2D eigenvalue weighted by Crippen LogP contribution is -2.45. The fourth-order valence-corrected chi connectivity index (χ4v) is 3.34. The van der Waals surface area contributed by atoms with Gasteiger partial charge in [0.25, 0.3) is 0 Å². The summed E-state index contributed by atoms with van der Waals surface area (Å²) in [6, 6.07) is 10.6. The molecule has 0 radical (unpaired) electrons. The van der Waals surface area contributed by atoms with Crippen LogP contribution in [-0.4, -0.2) is 56.2 Å². The summed E-state index contributed by atoms with van der Waals surface area (Å²) in [5.74, 6) is 1.22. The SMILES string of the molecule is CCNC(=NCC(=O)NCc1ccc(OC)cc1)NC1CCN(c2ncccc2F)C1.I. The summed E-state index contributed by atoms with van der Waals surface area (Å²) in [6.45, 7) is 4.39. The van der Waals surface area contributed by atoms with Gasteiger partial charge in [-0.1, -0.05) is 12.1 Å². The van der Waals surface area contributed by atoms with Gasteiger partial charge in [0.1, 0.15) is 12.3 Å². The molecule has 0 spiro atoms. The van der Waals surface area contributed by atoms with Gasteiger partial charge in [-0.15, -0.1) is 24.0 Å². The zero-order valence-electron chi connectivity index (χ0n) is 18.3. The standard InChI is InChI=1S/C22H29FN6O2.HI/c1-3-24-22(27-14-20(30)26-13-16-6-8-18(31-2)9-7-16)28-17-10-12-29(15-17)21-19(23)5-4-11-25-21;/h4-9,11,17H,3,10,12-15H2,1-2H3,(H,26,30)(H2,24,27,28);1H. The van der Waals surface area contributed by atoms with Gasteiger partial charge in [-0.3, -0.25) is 4.79 Å². The lowest BCUT2D eigenvalue weighted by Gasteiger charge is -2.19. The van der Waals surface area contributed by atoms with Gasteiger partial charge in [0.2, 0.25) is 5.91 Å². The normalized spacial score (nSPS) is 15.7. The molecule has 3 N–H and O–H groups in total. The number of hydrogen-bond donors (Lipinski definition) is 3. The summed E-state index contributed by atoms with van der Waals surface area (Å²) in [6.07, 6.45) is 2.42. The number of nitrogens with zero attached hydrogens (tertiary/aromatic N) is 3. The molecule has 0 saturated carbocycles. The van der Waals surface area contributed by atoms with Crippen molar-refractivity contribution >= 4 is 41.7 Å². The highest BCUT2D eigenvalue weighted by atomic mass is 127. The molecule has 32 heavy (non-hydrogen) atoms. The molecule has 8 nitrogen and oxygen atoms in total. The van der Waals surface area contributed by atoms with Crippen LogP contribution in [0.2, 0.25) is 0 Å². The molecule has 1 aromatic heterocycles. The number of nitrogens with one attached hydrogen (secondary N) is 3. The maximum absolute atomic E-state index is 14.0. The topological polar surface area (TPSA) is 90.9 Å². The number of carbonyl (C=O) groups is 1. The van der Waals surface area contributed by atoms with Crippen molar-refractivity contribution in [2.45, 2.75) is 25.9 Å². The van der Waals surface area contributed by atoms with E-state index in [-0.39, 0.29) is 48.3 Å². The molecule has 0 bridgehead atoms. The molecule has 174 valence electrons. The second-order valence-corrected chi connectivity index (χ2v) is 7.20. The van der Waals surface area contributed by atoms with Crippen LogP contribution >= 0.6 is 24.0 Å². The van der Waals surface area contributed by atoms with E-state index in [2.05, 4.69) is 25.9 Å². The van der Waals surface area contributed by atoms with Gasteiger partial charge in [-0.2, -0.15) is 0 Å². The Bertz CT molecular complexity index is 896. The number of rotatable bonds is 8. The zero-order valence-corrected chi connectivity index (χ0v) is 20.6. The van der Waals surface area contributed by atoms with Gasteiger partial charge in [-0.05, 0) is 43.2 Å². The Morgan fingerprint density at radius 2 is 2.06 bits per heavy atom. The number of aromatic nitrogens is 1. The Kier molecular flexibility index (Phi) is 10.4. The molecule has 0 aliphatic carbocycles. The molecule has 1 amide bonds. The molecule has 1 unspecified atom stereocenters. The van der Waals surface area contributed by atoms with Crippen LogP contribution in [0.15, 0.2) is 47.6 Å². The van der Waals surface area contributed by atoms with Crippen LogP contribution in [0, 0.1) is 5.82 Å². The van der Waals surface area contributed by atoms with Gasteiger partial charge >= 0.3 is 0 Å². The van der Waals surface area contributed by atoms with Crippen LogP contribution in [0.1, 0.15) is 18.9 Å². The van der Waals surface area contributed by atoms with Crippen molar-refractivity contribution in [3.05, 3.63) is 54.0 Å². The first-order chi connectivity index (χ1) is 15.1. The number of hydrogen-bond acceptors (Lipinski definition) is 5. The smallest absolute Gasteiger partial charge is 0.242 e. The molecule has 3 rings (SSSR count). The number of aliphatic imine (C=N–C) groups is 1. The molecular formula is C22H30FIN6O2. The quantitative estimate of drug-likeness (QED) is 0.263. The molecule has 1 aliphatic heterocycles. The first-order valence-corrected chi connectivity index (χ1v) is 10.4. The van der Waals surface area contributed by atoms with E-state index < -0.39 is 0 Å². The highest BCUT2D eigenvalue weighted by Crippen LogP contribution is 2.20. The maximum Gasteiger partial charge on any atom is 0.242 e. The average Bonchev–Trinajstić information content (AvgIpc) is 3.25. The maximum atomic E-state index is 14.0. The third-order valence-corrected chi connectivity index (χ3v) is 4.94. The minimum absolute atomic E-state index is 0. The molecular weight excluding hydrogens is 526 g/mol. The number of guanidine groups is 1. The highest BCUT2D eigenvalue weighted by molar-refractivity contribution is 14.0. The van der Waals surface area contributed by atoms with Crippen molar-refractivity contribution in [3.8, 4) is 5.75 Å². The zero-order chi connectivity index (χ0) is 22.1. The molecule has 2 aromatic rings. The summed E-state index contributed by atoms with van der Waals surface area (Å²) in [5, 5.41) is 9.35. The van der Waals surface area contributed by atoms with Crippen molar-refractivity contribution in [1.29, 1.82) is 0 Å². The molecule has 1 saturated heterocycles. The third kappa shape index (κ3) is 7.50. The van der Waals surface area contributed by atoms with Gasteiger partial charge in [0.05, 0.1) is 7.11 Å². The Balaban J connectivity index is 0.00000363. The number of pyridine rings is 1. The minimum Gasteiger partial charge on any atom is -0.497 e. The third-order valence-electron chi connectivity index (χ3n) is 4.94. The van der Waals surface area contributed by atoms with E-state index in [1.807, 2.05) is 36.1 Å². The summed E-state index contributed by atoms with van der Waals surface area (Å²) in [7, 11) is 1.62. The van der Waals surface area contributed by atoms with Gasteiger partial charge < -0.3 is 25.6 Å². The fraction of sp³-hybridized carbons (Fsp3) is 0.409.